The minimum Gasteiger partial charge on any atom is -0.391 e. The number of hydrogen-bond donors (Lipinski definition) is 3. The Morgan fingerprint density at radius 3 is 3.04 bits per heavy atom. The summed E-state index contributed by atoms with van der Waals surface area (Å²) in [6.07, 6.45) is 4.77. The molecule has 0 spiro atoms. The summed E-state index contributed by atoms with van der Waals surface area (Å²) in [6, 6.07) is 1.81. The van der Waals surface area contributed by atoms with Crippen molar-refractivity contribution in [1.29, 1.82) is 0 Å². The first-order valence-electron chi connectivity index (χ1n) is 7.85. The number of nitrogens with one attached hydrogen (secondary N) is 2. The number of aliphatic hydroxyl groups excluding tert-OH is 1. The van der Waals surface area contributed by atoms with Crippen molar-refractivity contribution < 1.29 is 9.90 Å². The van der Waals surface area contributed by atoms with Gasteiger partial charge in [-0.3, -0.25) is 9.48 Å². The van der Waals surface area contributed by atoms with Crippen LogP contribution in [-0.2, 0) is 7.05 Å². The van der Waals surface area contributed by atoms with Gasteiger partial charge in [0.15, 0.2) is 5.69 Å². The summed E-state index contributed by atoms with van der Waals surface area (Å²) in [5, 5.41) is 19.6. The second-order valence-corrected chi connectivity index (χ2v) is 5.75. The average molecular weight is 331 g/mol. The maximum absolute atomic E-state index is 11.9. The van der Waals surface area contributed by atoms with Crippen molar-refractivity contribution in [2.75, 3.05) is 30.4 Å². The smallest absolute Gasteiger partial charge is 0.273 e. The van der Waals surface area contributed by atoms with Crippen molar-refractivity contribution in [3.8, 4) is 0 Å². The van der Waals surface area contributed by atoms with Gasteiger partial charge in [0.1, 0.15) is 5.82 Å². The largest absolute Gasteiger partial charge is 0.391 e. The van der Waals surface area contributed by atoms with Crippen LogP contribution in [0.3, 0.4) is 0 Å². The molecule has 1 saturated heterocycles. The van der Waals surface area contributed by atoms with Crippen molar-refractivity contribution in [1.82, 2.24) is 25.1 Å². The Morgan fingerprint density at radius 2 is 2.29 bits per heavy atom. The average Bonchev–Trinajstić information content (AvgIpc) is 2.95. The van der Waals surface area contributed by atoms with Gasteiger partial charge in [-0.05, 0) is 18.9 Å². The number of amides is 1. The highest BCUT2D eigenvalue weighted by molar-refractivity contribution is 5.97. The molecule has 1 aliphatic heterocycles. The second kappa shape index (κ2) is 6.83. The molecule has 1 fully saturated rings. The minimum absolute atomic E-state index is 0.280. The molecule has 0 aliphatic carbocycles. The first-order valence-corrected chi connectivity index (χ1v) is 7.85. The SMILES string of the molecule is CNC(=O)c1nn(C)cc1Nc1nccc(N2CCCC(O)C2)n1. The van der Waals surface area contributed by atoms with Gasteiger partial charge in [0, 0.05) is 39.6 Å². The van der Waals surface area contributed by atoms with Crippen LogP contribution in [0.25, 0.3) is 0 Å². The molecule has 0 saturated carbocycles. The van der Waals surface area contributed by atoms with Gasteiger partial charge in [0.2, 0.25) is 5.95 Å². The minimum atomic E-state index is -0.330. The van der Waals surface area contributed by atoms with Gasteiger partial charge in [-0.25, -0.2) is 4.98 Å². The molecule has 3 N–H and O–H groups in total. The molecule has 2 aromatic heterocycles. The standard InChI is InChI=1S/C15H21N7O2/c1-16-14(24)13-11(9-21(2)20-13)18-15-17-6-5-12(19-15)22-7-3-4-10(23)8-22/h5-6,9-10,23H,3-4,7-8H2,1-2H3,(H,16,24)(H,17,18,19). The maximum Gasteiger partial charge on any atom is 0.273 e. The first kappa shape index (κ1) is 16.2. The van der Waals surface area contributed by atoms with Gasteiger partial charge >= 0.3 is 0 Å². The Morgan fingerprint density at radius 1 is 1.46 bits per heavy atom. The monoisotopic (exact) mass is 331 g/mol. The zero-order valence-electron chi connectivity index (χ0n) is 13.7. The van der Waals surface area contributed by atoms with Gasteiger partial charge in [-0.1, -0.05) is 0 Å². The van der Waals surface area contributed by atoms with E-state index in [2.05, 4.69) is 25.7 Å². The molecule has 9 nitrogen and oxygen atoms in total. The number of carbonyl (C=O) groups excluding carboxylic acids is 1. The molecule has 3 rings (SSSR count). The lowest BCUT2D eigenvalue weighted by Crippen LogP contribution is -2.38. The Hall–Kier alpha value is -2.68. The van der Waals surface area contributed by atoms with Gasteiger partial charge in [-0.15, -0.1) is 0 Å². The van der Waals surface area contributed by atoms with Gasteiger partial charge < -0.3 is 20.6 Å². The molecule has 0 aromatic carbocycles. The predicted molar refractivity (Wildman–Crippen MR) is 89.4 cm³/mol. The highest BCUT2D eigenvalue weighted by Crippen LogP contribution is 2.21. The number of piperidine rings is 1. The first-order chi connectivity index (χ1) is 11.6. The fourth-order valence-corrected chi connectivity index (χ4v) is 2.73. The summed E-state index contributed by atoms with van der Waals surface area (Å²) in [7, 11) is 3.30. The van der Waals surface area contributed by atoms with E-state index in [9.17, 15) is 9.90 Å². The van der Waals surface area contributed by atoms with E-state index in [4.69, 9.17) is 0 Å². The van der Waals surface area contributed by atoms with Crippen LogP contribution in [0.5, 0.6) is 0 Å². The molecular formula is C15H21N7O2. The third kappa shape index (κ3) is 3.46. The molecule has 24 heavy (non-hydrogen) atoms. The van der Waals surface area contributed by atoms with E-state index in [-0.39, 0.29) is 17.7 Å². The Labute approximate surface area is 139 Å². The second-order valence-electron chi connectivity index (χ2n) is 5.75. The number of aryl methyl sites for hydroxylation is 1. The third-order valence-electron chi connectivity index (χ3n) is 3.88. The number of rotatable bonds is 4. The Kier molecular flexibility index (Phi) is 4.61. The lowest BCUT2D eigenvalue weighted by molar-refractivity contribution is 0.0958. The summed E-state index contributed by atoms with van der Waals surface area (Å²) in [6.45, 7) is 1.41. The van der Waals surface area contributed by atoms with Crippen molar-refractivity contribution in [3.05, 3.63) is 24.2 Å². The van der Waals surface area contributed by atoms with E-state index in [0.29, 0.717) is 18.2 Å². The fourth-order valence-electron chi connectivity index (χ4n) is 2.73. The van der Waals surface area contributed by atoms with E-state index in [0.717, 1.165) is 25.2 Å². The van der Waals surface area contributed by atoms with Crippen LogP contribution >= 0.6 is 0 Å². The summed E-state index contributed by atoms with van der Waals surface area (Å²) < 4.78 is 1.55. The van der Waals surface area contributed by atoms with E-state index in [1.54, 1.807) is 31.2 Å². The van der Waals surface area contributed by atoms with Crippen LogP contribution in [-0.4, -0.2) is 57.0 Å². The van der Waals surface area contributed by atoms with Crippen LogP contribution in [0.15, 0.2) is 18.5 Å². The van der Waals surface area contributed by atoms with Crippen LogP contribution in [0.1, 0.15) is 23.3 Å². The quantitative estimate of drug-likeness (QED) is 0.738. The number of nitrogens with zero attached hydrogens (tertiary/aromatic N) is 5. The molecule has 9 heteroatoms. The number of β-amino-alcohol motifs (C(OH)–C–C–N with tert-alkyl or cyclic N) is 1. The van der Waals surface area contributed by atoms with E-state index < -0.39 is 0 Å². The predicted octanol–water partition coefficient (Wildman–Crippen LogP) is 0.274. The number of aromatic nitrogens is 4. The van der Waals surface area contributed by atoms with Crippen molar-refractivity contribution in [2.24, 2.45) is 7.05 Å². The van der Waals surface area contributed by atoms with Crippen LogP contribution in [0.4, 0.5) is 17.5 Å². The molecule has 128 valence electrons. The van der Waals surface area contributed by atoms with Crippen LogP contribution in [0.2, 0.25) is 0 Å². The van der Waals surface area contributed by atoms with Crippen LogP contribution in [0, 0.1) is 0 Å². The van der Waals surface area contributed by atoms with Crippen molar-refractivity contribution in [3.63, 3.8) is 0 Å². The molecule has 2 aromatic rings. The lowest BCUT2D eigenvalue weighted by atomic mass is 10.1. The van der Waals surface area contributed by atoms with E-state index in [1.165, 1.54) is 0 Å². The highest BCUT2D eigenvalue weighted by Gasteiger charge is 2.20. The van der Waals surface area contributed by atoms with Gasteiger partial charge in [0.25, 0.3) is 5.91 Å². The highest BCUT2D eigenvalue weighted by atomic mass is 16.3. The molecule has 3 heterocycles. The molecule has 1 amide bonds. The number of carbonyl (C=O) groups is 1. The molecule has 1 unspecified atom stereocenters. The summed E-state index contributed by atoms with van der Waals surface area (Å²) in [4.78, 5) is 22.6. The normalized spacial score (nSPS) is 17.6. The zero-order chi connectivity index (χ0) is 17.1. The molecular weight excluding hydrogens is 310 g/mol. The summed E-state index contributed by atoms with van der Waals surface area (Å²) >= 11 is 0. The Bertz CT molecular complexity index is 730. The topological polar surface area (TPSA) is 108 Å². The fraction of sp³-hybridized carbons (Fsp3) is 0.467. The molecule has 1 aliphatic rings. The molecule has 1 atom stereocenters. The van der Waals surface area contributed by atoms with Crippen LogP contribution < -0.4 is 15.5 Å². The Balaban J connectivity index is 1.81. The summed E-state index contributed by atoms with van der Waals surface area (Å²) in [5.41, 5.74) is 0.815. The van der Waals surface area contributed by atoms with E-state index in [1.807, 2.05) is 11.0 Å². The molecule has 0 radical (unpaired) electrons. The van der Waals surface area contributed by atoms with Crippen molar-refractivity contribution >= 4 is 23.4 Å². The van der Waals surface area contributed by atoms with Crippen molar-refractivity contribution in [2.45, 2.75) is 18.9 Å². The zero-order valence-corrected chi connectivity index (χ0v) is 13.7. The lowest BCUT2D eigenvalue weighted by Gasteiger charge is -2.31. The van der Waals surface area contributed by atoms with E-state index >= 15 is 0 Å². The number of hydrogen-bond acceptors (Lipinski definition) is 7. The number of anilines is 3. The number of aliphatic hydroxyl groups is 1. The third-order valence-corrected chi connectivity index (χ3v) is 3.88. The molecule has 0 bridgehead atoms. The van der Waals surface area contributed by atoms with Gasteiger partial charge in [0.05, 0.1) is 11.8 Å². The van der Waals surface area contributed by atoms with Gasteiger partial charge in [-0.2, -0.15) is 10.1 Å². The maximum atomic E-state index is 11.9. The summed E-state index contributed by atoms with van der Waals surface area (Å²) in [5.74, 6) is 0.843.